The summed E-state index contributed by atoms with van der Waals surface area (Å²) in [6.07, 6.45) is 0. The lowest BCUT2D eigenvalue weighted by Gasteiger charge is -2.15. The highest BCUT2D eigenvalue weighted by atomic mass is 79.9. The molecule has 0 aromatic heterocycles. The minimum atomic E-state index is -0.245. The summed E-state index contributed by atoms with van der Waals surface area (Å²) in [5, 5.41) is 0. The van der Waals surface area contributed by atoms with Gasteiger partial charge < -0.3 is 4.74 Å². The molecule has 0 aliphatic carbocycles. The minimum absolute atomic E-state index is 0.111. The Morgan fingerprint density at radius 1 is 1.17 bits per heavy atom. The molecule has 2 rings (SSSR count). The van der Waals surface area contributed by atoms with E-state index in [1.165, 1.54) is 12.1 Å². The molecule has 2 aromatic carbocycles. The normalized spacial score (nSPS) is 12.2. The van der Waals surface area contributed by atoms with E-state index in [9.17, 15) is 4.39 Å². The van der Waals surface area contributed by atoms with Gasteiger partial charge >= 0.3 is 0 Å². The van der Waals surface area contributed by atoms with Crippen LogP contribution >= 0.6 is 31.9 Å². The van der Waals surface area contributed by atoms with Crippen molar-refractivity contribution >= 4 is 31.9 Å². The van der Waals surface area contributed by atoms with Gasteiger partial charge in [-0.1, -0.05) is 44.0 Å². The zero-order chi connectivity index (χ0) is 13.1. The lowest BCUT2D eigenvalue weighted by molar-refractivity contribution is 0.410. The quantitative estimate of drug-likeness (QED) is 0.681. The number of hydrogen-bond donors (Lipinski definition) is 0. The Bertz CT molecular complexity index is 557. The third kappa shape index (κ3) is 2.93. The van der Waals surface area contributed by atoms with Crippen LogP contribution < -0.4 is 4.74 Å². The topological polar surface area (TPSA) is 9.23 Å². The van der Waals surface area contributed by atoms with Crippen molar-refractivity contribution in [2.24, 2.45) is 0 Å². The molecule has 1 unspecified atom stereocenters. The van der Waals surface area contributed by atoms with Crippen molar-refractivity contribution in [2.45, 2.75) is 4.83 Å². The van der Waals surface area contributed by atoms with Crippen molar-refractivity contribution in [3.8, 4) is 5.75 Å². The number of halogens is 3. The van der Waals surface area contributed by atoms with Crippen molar-refractivity contribution in [1.29, 1.82) is 0 Å². The van der Waals surface area contributed by atoms with E-state index in [2.05, 4.69) is 31.9 Å². The molecule has 0 heterocycles. The lowest BCUT2D eigenvalue weighted by atomic mass is 10.0. The van der Waals surface area contributed by atoms with Crippen LogP contribution in [0, 0.1) is 5.82 Å². The largest absolute Gasteiger partial charge is 0.496 e. The van der Waals surface area contributed by atoms with Crippen LogP contribution in [-0.4, -0.2) is 7.11 Å². The predicted octanol–water partition coefficient (Wildman–Crippen LogP) is 5.08. The molecule has 94 valence electrons. The van der Waals surface area contributed by atoms with Crippen molar-refractivity contribution in [1.82, 2.24) is 0 Å². The molecule has 1 nitrogen and oxygen atoms in total. The third-order valence-electron chi connectivity index (χ3n) is 2.61. The van der Waals surface area contributed by atoms with Gasteiger partial charge in [0.05, 0.1) is 11.9 Å². The van der Waals surface area contributed by atoms with Gasteiger partial charge in [-0.15, -0.1) is 0 Å². The van der Waals surface area contributed by atoms with Crippen LogP contribution in [0.1, 0.15) is 16.0 Å². The number of benzene rings is 2. The van der Waals surface area contributed by atoms with Gasteiger partial charge in [0.25, 0.3) is 0 Å². The molecular weight excluding hydrogens is 363 g/mol. The molecule has 0 saturated heterocycles. The molecule has 0 amide bonds. The Kier molecular flexibility index (Phi) is 4.40. The van der Waals surface area contributed by atoms with E-state index >= 15 is 0 Å². The highest BCUT2D eigenvalue weighted by Gasteiger charge is 2.16. The Morgan fingerprint density at radius 3 is 2.61 bits per heavy atom. The summed E-state index contributed by atoms with van der Waals surface area (Å²) in [5.41, 5.74) is 1.81. The molecule has 0 aliphatic heterocycles. The average molecular weight is 374 g/mol. The second-order valence-electron chi connectivity index (χ2n) is 3.80. The minimum Gasteiger partial charge on any atom is -0.496 e. The molecule has 0 radical (unpaired) electrons. The van der Waals surface area contributed by atoms with Crippen LogP contribution in [0.25, 0.3) is 0 Å². The molecule has 18 heavy (non-hydrogen) atoms. The first-order valence-corrected chi connectivity index (χ1v) is 7.05. The van der Waals surface area contributed by atoms with Crippen LogP contribution in [0.4, 0.5) is 4.39 Å². The monoisotopic (exact) mass is 372 g/mol. The van der Waals surface area contributed by atoms with Crippen molar-refractivity contribution < 1.29 is 9.13 Å². The summed E-state index contributed by atoms with van der Waals surface area (Å²) in [7, 11) is 1.62. The molecule has 0 fully saturated rings. The fraction of sp³-hybridized carbons (Fsp3) is 0.143. The Balaban J connectivity index is 2.44. The van der Waals surface area contributed by atoms with E-state index in [1.807, 2.05) is 24.3 Å². The van der Waals surface area contributed by atoms with Gasteiger partial charge in [0.15, 0.2) is 0 Å². The standard InChI is InChI=1S/C14H11Br2FO/c1-18-13-6-5-10(15)8-12(13)14(16)9-3-2-4-11(17)7-9/h2-8,14H,1H3. The number of rotatable bonds is 3. The lowest BCUT2D eigenvalue weighted by Crippen LogP contribution is -1.97. The van der Waals surface area contributed by atoms with E-state index in [0.717, 1.165) is 21.3 Å². The molecule has 4 heteroatoms. The van der Waals surface area contributed by atoms with E-state index in [-0.39, 0.29) is 10.6 Å². The van der Waals surface area contributed by atoms with Crippen molar-refractivity contribution in [3.05, 3.63) is 63.9 Å². The Hall–Kier alpha value is -0.870. The summed E-state index contributed by atoms with van der Waals surface area (Å²) in [6.45, 7) is 0. The van der Waals surface area contributed by atoms with E-state index < -0.39 is 0 Å². The highest BCUT2D eigenvalue weighted by Crippen LogP contribution is 2.38. The molecule has 0 N–H and O–H groups in total. The average Bonchev–Trinajstić information content (AvgIpc) is 2.38. The summed E-state index contributed by atoms with van der Waals surface area (Å²) >= 11 is 7.02. The third-order valence-corrected chi connectivity index (χ3v) is 4.12. The summed E-state index contributed by atoms with van der Waals surface area (Å²) < 4.78 is 19.5. The fourth-order valence-corrected chi connectivity index (χ4v) is 2.77. The van der Waals surface area contributed by atoms with E-state index in [1.54, 1.807) is 13.2 Å². The molecule has 0 saturated carbocycles. The number of ether oxygens (including phenoxy) is 1. The molecular formula is C14H11Br2FO. The van der Waals surface area contributed by atoms with Gasteiger partial charge in [-0.05, 0) is 35.9 Å². The highest BCUT2D eigenvalue weighted by molar-refractivity contribution is 9.10. The molecule has 0 spiro atoms. The van der Waals surface area contributed by atoms with Crippen molar-refractivity contribution in [2.75, 3.05) is 7.11 Å². The maximum atomic E-state index is 13.2. The second-order valence-corrected chi connectivity index (χ2v) is 5.64. The van der Waals surface area contributed by atoms with Crippen LogP contribution in [-0.2, 0) is 0 Å². The molecule has 2 aromatic rings. The summed E-state index contributed by atoms with van der Waals surface area (Å²) in [5.74, 6) is 0.523. The predicted molar refractivity (Wildman–Crippen MR) is 77.9 cm³/mol. The molecule has 1 atom stereocenters. The first-order valence-electron chi connectivity index (χ1n) is 5.35. The number of methoxy groups -OCH3 is 1. The van der Waals surface area contributed by atoms with Gasteiger partial charge in [0.2, 0.25) is 0 Å². The van der Waals surface area contributed by atoms with Gasteiger partial charge in [-0.2, -0.15) is 0 Å². The summed E-state index contributed by atoms with van der Waals surface area (Å²) in [6, 6.07) is 12.3. The first-order chi connectivity index (χ1) is 8.61. The zero-order valence-corrected chi connectivity index (χ0v) is 12.8. The first kappa shape index (κ1) is 13.6. The fourth-order valence-electron chi connectivity index (χ4n) is 1.75. The second kappa shape index (κ2) is 5.85. The van der Waals surface area contributed by atoms with Crippen LogP contribution in [0.5, 0.6) is 5.75 Å². The smallest absolute Gasteiger partial charge is 0.123 e. The Labute approximate surface area is 122 Å². The van der Waals surface area contributed by atoms with Gasteiger partial charge in [0.1, 0.15) is 11.6 Å². The maximum Gasteiger partial charge on any atom is 0.123 e. The van der Waals surface area contributed by atoms with E-state index in [4.69, 9.17) is 4.74 Å². The zero-order valence-electron chi connectivity index (χ0n) is 9.66. The van der Waals surface area contributed by atoms with Gasteiger partial charge in [-0.25, -0.2) is 4.39 Å². The summed E-state index contributed by atoms with van der Waals surface area (Å²) in [4.78, 5) is -0.111. The molecule has 0 bridgehead atoms. The maximum absolute atomic E-state index is 13.2. The Morgan fingerprint density at radius 2 is 1.94 bits per heavy atom. The van der Waals surface area contributed by atoms with E-state index in [0.29, 0.717) is 0 Å². The van der Waals surface area contributed by atoms with Gasteiger partial charge in [-0.3, -0.25) is 0 Å². The van der Waals surface area contributed by atoms with Crippen LogP contribution in [0.15, 0.2) is 46.9 Å². The van der Waals surface area contributed by atoms with Gasteiger partial charge in [0, 0.05) is 10.0 Å². The molecule has 0 aliphatic rings. The SMILES string of the molecule is COc1ccc(Br)cc1C(Br)c1cccc(F)c1. The number of alkyl halides is 1. The number of hydrogen-bond acceptors (Lipinski definition) is 1. The van der Waals surface area contributed by atoms with Crippen LogP contribution in [0.3, 0.4) is 0 Å². The van der Waals surface area contributed by atoms with Crippen LogP contribution in [0.2, 0.25) is 0 Å². The van der Waals surface area contributed by atoms with Crippen molar-refractivity contribution in [3.63, 3.8) is 0 Å².